The van der Waals surface area contributed by atoms with E-state index in [0.29, 0.717) is 27.4 Å². The summed E-state index contributed by atoms with van der Waals surface area (Å²) in [6.07, 6.45) is 1.63. The maximum Gasteiger partial charge on any atom is 0.323 e. The zero-order chi connectivity index (χ0) is 22.0. The number of fused-ring (bicyclic) bond motifs is 1. The first-order valence-electron chi connectivity index (χ1n) is 9.30. The van der Waals surface area contributed by atoms with E-state index in [9.17, 15) is 14.0 Å². The lowest BCUT2D eigenvalue weighted by Gasteiger charge is -2.10. The van der Waals surface area contributed by atoms with Crippen LogP contribution < -0.4 is 10.6 Å². The molecule has 0 radical (unpaired) electrons. The third kappa shape index (κ3) is 4.67. The van der Waals surface area contributed by atoms with Gasteiger partial charge in [0, 0.05) is 28.2 Å². The highest BCUT2D eigenvalue weighted by atomic mass is 35.5. The quantitative estimate of drug-likeness (QED) is 0.409. The van der Waals surface area contributed by atoms with E-state index in [-0.39, 0.29) is 16.8 Å². The molecule has 2 amide bonds. The lowest BCUT2D eigenvalue weighted by Crippen LogP contribution is -2.19. The van der Waals surface area contributed by atoms with Crippen molar-refractivity contribution in [3.63, 3.8) is 0 Å². The molecule has 0 unspecified atom stereocenters. The molecule has 4 aromatic rings. The molecule has 0 atom stereocenters. The molecular weight excluding hydrogens is 419 g/mol. The summed E-state index contributed by atoms with van der Waals surface area (Å²) in [7, 11) is 0. The summed E-state index contributed by atoms with van der Waals surface area (Å²) in [5.74, 6) is -1.22. The number of hydrogen-bond acceptors (Lipinski definition) is 4. The highest BCUT2D eigenvalue weighted by Gasteiger charge is 2.16. The molecule has 154 valence electrons. The van der Waals surface area contributed by atoms with Gasteiger partial charge in [0.25, 0.3) is 0 Å². The normalized spacial score (nSPS) is 10.7. The zero-order valence-electron chi connectivity index (χ0n) is 16.3. The van der Waals surface area contributed by atoms with Gasteiger partial charge in [-0.25, -0.2) is 14.2 Å². The number of anilines is 2. The number of amides is 2. The summed E-state index contributed by atoms with van der Waals surface area (Å²) in [5, 5.41) is 5.68. The Morgan fingerprint density at radius 3 is 2.48 bits per heavy atom. The van der Waals surface area contributed by atoms with E-state index in [1.54, 1.807) is 55.6 Å². The van der Waals surface area contributed by atoms with Crippen LogP contribution in [0.4, 0.5) is 20.6 Å². The molecule has 0 bridgehead atoms. The van der Waals surface area contributed by atoms with Crippen molar-refractivity contribution in [2.24, 2.45) is 0 Å². The van der Waals surface area contributed by atoms with Gasteiger partial charge in [-0.05, 0) is 61.5 Å². The monoisotopic (exact) mass is 434 g/mol. The van der Waals surface area contributed by atoms with Crippen LogP contribution in [0.3, 0.4) is 0 Å². The number of aromatic nitrogens is 2. The Bertz CT molecular complexity index is 1330. The zero-order valence-corrected chi connectivity index (χ0v) is 17.1. The number of hydrogen-bond donors (Lipinski definition) is 2. The topological polar surface area (TPSA) is 84.0 Å². The number of carbonyl (C=O) groups is 2. The van der Waals surface area contributed by atoms with Gasteiger partial charge in [0.2, 0.25) is 0 Å². The Labute approximate surface area is 182 Å². The van der Waals surface area contributed by atoms with Crippen LogP contribution in [0.5, 0.6) is 0 Å². The molecule has 8 heteroatoms. The minimum Gasteiger partial charge on any atom is -0.308 e. The van der Waals surface area contributed by atoms with Gasteiger partial charge in [-0.15, -0.1) is 0 Å². The molecule has 3 aromatic carbocycles. The highest BCUT2D eigenvalue weighted by Crippen LogP contribution is 2.21. The van der Waals surface area contributed by atoms with Crippen molar-refractivity contribution < 1.29 is 14.0 Å². The van der Waals surface area contributed by atoms with Crippen LogP contribution in [0.15, 0.2) is 66.9 Å². The number of carbonyl (C=O) groups excluding carboxylic acids is 2. The molecule has 0 saturated heterocycles. The van der Waals surface area contributed by atoms with Crippen LogP contribution in [0.2, 0.25) is 5.02 Å². The molecule has 2 N–H and O–H groups in total. The molecule has 0 aliphatic heterocycles. The number of nitrogens with zero attached hydrogens (tertiary/aromatic N) is 2. The number of nitrogens with one attached hydrogen (secondary N) is 2. The van der Waals surface area contributed by atoms with Crippen LogP contribution in [0.25, 0.3) is 11.0 Å². The van der Waals surface area contributed by atoms with Crippen molar-refractivity contribution >= 4 is 45.8 Å². The third-order valence-electron chi connectivity index (χ3n) is 4.48. The maximum atomic E-state index is 14.4. The van der Waals surface area contributed by atoms with Crippen molar-refractivity contribution in [3.8, 4) is 0 Å². The van der Waals surface area contributed by atoms with E-state index in [4.69, 9.17) is 11.6 Å². The molecular formula is C23H16ClFN4O2. The first-order chi connectivity index (χ1) is 14.9. The molecule has 0 aliphatic carbocycles. The van der Waals surface area contributed by atoms with Gasteiger partial charge in [0.15, 0.2) is 5.78 Å². The van der Waals surface area contributed by atoms with E-state index in [0.717, 1.165) is 6.07 Å². The fourth-order valence-corrected chi connectivity index (χ4v) is 3.23. The second-order valence-corrected chi connectivity index (χ2v) is 7.26. The molecule has 0 saturated carbocycles. The van der Waals surface area contributed by atoms with Crippen molar-refractivity contribution in [2.75, 3.05) is 10.6 Å². The van der Waals surface area contributed by atoms with Crippen LogP contribution in [-0.2, 0) is 0 Å². The van der Waals surface area contributed by atoms with Gasteiger partial charge in [0.1, 0.15) is 5.82 Å². The summed E-state index contributed by atoms with van der Waals surface area (Å²) in [6.45, 7) is 1.80. The lowest BCUT2D eigenvalue weighted by atomic mass is 10.0. The fourth-order valence-electron chi connectivity index (χ4n) is 3.04. The maximum absolute atomic E-state index is 14.4. The second-order valence-electron chi connectivity index (χ2n) is 6.83. The van der Waals surface area contributed by atoms with E-state index in [2.05, 4.69) is 20.6 Å². The Morgan fingerprint density at radius 2 is 1.71 bits per heavy atom. The van der Waals surface area contributed by atoms with Gasteiger partial charge in [-0.2, -0.15) is 0 Å². The second kappa shape index (κ2) is 8.49. The number of ketones is 1. The van der Waals surface area contributed by atoms with Gasteiger partial charge in [-0.1, -0.05) is 17.7 Å². The number of urea groups is 1. The number of rotatable bonds is 4. The molecule has 6 nitrogen and oxygen atoms in total. The third-order valence-corrected chi connectivity index (χ3v) is 4.71. The predicted molar refractivity (Wildman–Crippen MR) is 118 cm³/mol. The van der Waals surface area contributed by atoms with Crippen LogP contribution in [0.1, 0.15) is 21.6 Å². The summed E-state index contributed by atoms with van der Waals surface area (Å²) in [4.78, 5) is 33.8. The first kappa shape index (κ1) is 20.4. The van der Waals surface area contributed by atoms with E-state index < -0.39 is 17.6 Å². The van der Waals surface area contributed by atoms with Crippen molar-refractivity contribution in [1.82, 2.24) is 9.97 Å². The smallest absolute Gasteiger partial charge is 0.308 e. The molecule has 1 aromatic heterocycles. The van der Waals surface area contributed by atoms with Gasteiger partial charge >= 0.3 is 6.03 Å². The molecule has 0 fully saturated rings. The minimum absolute atomic E-state index is 0.166. The average molecular weight is 435 g/mol. The SMILES string of the molecule is Cc1cnc2ccc(C(=O)c3cc(NC(=O)Nc4cccc(Cl)c4)ccc3F)cc2n1. The summed E-state index contributed by atoms with van der Waals surface area (Å²) < 4.78 is 14.4. The Balaban J connectivity index is 1.57. The Hall–Kier alpha value is -3.84. The Morgan fingerprint density at radius 1 is 0.935 bits per heavy atom. The van der Waals surface area contributed by atoms with Crippen molar-refractivity contribution in [3.05, 3.63) is 94.5 Å². The number of aryl methyl sites for hydroxylation is 1. The lowest BCUT2D eigenvalue weighted by molar-refractivity contribution is 0.103. The van der Waals surface area contributed by atoms with E-state index >= 15 is 0 Å². The average Bonchev–Trinajstić information content (AvgIpc) is 2.74. The van der Waals surface area contributed by atoms with Crippen LogP contribution in [-0.4, -0.2) is 21.8 Å². The van der Waals surface area contributed by atoms with E-state index in [1.165, 1.54) is 12.1 Å². The van der Waals surface area contributed by atoms with Crippen LogP contribution in [0, 0.1) is 12.7 Å². The van der Waals surface area contributed by atoms with Crippen molar-refractivity contribution in [2.45, 2.75) is 6.92 Å². The molecule has 0 spiro atoms. The van der Waals surface area contributed by atoms with Crippen molar-refractivity contribution in [1.29, 1.82) is 0 Å². The number of halogens is 2. The molecule has 4 rings (SSSR count). The minimum atomic E-state index is -0.693. The summed E-state index contributed by atoms with van der Waals surface area (Å²) in [6, 6.07) is 14.7. The van der Waals surface area contributed by atoms with E-state index in [1.807, 2.05) is 0 Å². The molecule has 1 heterocycles. The Kier molecular flexibility index (Phi) is 5.60. The fraction of sp³-hybridized carbons (Fsp3) is 0.0435. The molecule has 31 heavy (non-hydrogen) atoms. The summed E-state index contributed by atoms with van der Waals surface area (Å²) >= 11 is 5.91. The first-order valence-corrected chi connectivity index (χ1v) is 9.68. The predicted octanol–water partition coefficient (Wildman–Crippen LogP) is 5.61. The number of benzene rings is 3. The van der Waals surface area contributed by atoms with Crippen LogP contribution >= 0.6 is 11.6 Å². The largest absolute Gasteiger partial charge is 0.323 e. The summed E-state index contributed by atoms with van der Waals surface area (Å²) in [5.41, 5.74) is 2.75. The highest BCUT2D eigenvalue weighted by molar-refractivity contribution is 6.30. The molecule has 0 aliphatic rings. The standard InChI is InChI=1S/C23H16ClFN4O2/c1-13-12-26-20-8-5-14(9-21(20)27-13)22(30)18-11-17(6-7-19(18)25)29-23(31)28-16-4-2-3-15(24)10-16/h2-12H,1H3,(H2,28,29,31). The van der Waals surface area contributed by atoms with Gasteiger partial charge in [0.05, 0.1) is 22.3 Å². The van der Waals surface area contributed by atoms with Gasteiger partial charge < -0.3 is 10.6 Å². The van der Waals surface area contributed by atoms with Gasteiger partial charge in [-0.3, -0.25) is 9.78 Å².